The van der Waals surface area contributed by atoms with Gasteiger partial charge in [0.2, 0.25) is 5.79 Å². The first kappa shape index (κ1) is 23.0. The van der Waals surface area contributed by atoms with Gasteiger partial charge < -0.3 is 14.8 Å². The number of carbonyl (C=O) groups is 1. The Bertz CT molecular complexity index is 1270. The molecule has 0 atom stereocenters. The second kappa shape index (κ2) is 8.78. The minimum Gasteiger partial charge on any atom is -0.449 e. The van der Waals surface area contributed by atoms with E-state index in [-0.39, 0.29) is 24.1 Å². The molecule has 6 nitrogen and oxygen atoms in total. The topological polar surface area (TPSA) is 62.8 Å². The van der Waals surface area contributed by atoms with Gasteiger partial charge in [0, 0.05) is 36.7 Å². The predicted molar refractivity (Wildman–Crippen MR) is 130 cm³/mol. The molecule has 2 N–H and O–H groups in total. The van der Waals surface area contributed by atoms with Crippen molar-refractivity contribution in [2.75, 3.05) is 11.9 Å². The molecule has 0 spiro atoms. The summed E-state index contributed by atoms with van der Waals surface area (Å²) in [6.07, 6.45) is 0. The Kier molecular flexibility index (Phi) is 5.76. The van der Waals surface area contributed by atoms with Crippen LogP contribution in [0.5, 0.6) is 11.5 Å². The average Bonchev–Trinajstić information content (AvgIpc) is 3.40. The Hall–Kier alpha value is -3.78. The lowest BCUT2D eigenvalue weighted by atomic mass is 10.0. The number of anilines is 1. The second-order valence-electron chi connectivity index (χ2n) is 8.70. The van der Waals surface area contributed by atoms with E-state index in [0.29, 0.717) is 34.0 Å². The molecule has 0 radical (unpaired) electrons. The van der Waals surface area contributed by atoms with Crippen LogP contribution in [0.2, 0.25) is 0 Å². The Labute approximate surface area is 206 Å². The largest absolute Gasteiger partial charge is 0.449 e. The van der Waals surface area contributed by atoms with E-state index < -0.39 is 11.8 Å². The molecule has 0 unspecified atom stereocenters. The lowest BCUT2D eigenvalue weighted by Crippen LogP contribution is -2.40. The van der Waals surface area contributed by atoms with Crippen LogP contribution in [0, 0.1) is 11.6 Å². The highest BCUT2D eigenvalue weighted by molar-refractivity contribution is 6.17. The fourth-order valence-electron chi connectivity index (χ4n) is 4.09. The molecule has 9 heteroatoms. The molecule has 5 rings (SSSR count). The summed E-state index contributed by atoms with van der Waals surface area (Å²) in [5, 5.41) is 4.26. The van der Waals surface area contributed by atoms with Gasteiger partial charge in [-0.25, -0.2) is 18.6 Å². The molecule has 180 valence electrons. The average molecular weight is 498 g/mol. The van der Waals surface area contributed by atoms with E-state index in [0.717, 1.165) is 11.1 Å². The minimum atomic E-state index is -0.833. The van der Waals surface area contributed by atoms with Crippen molar-refractivity contribution in [3.05, 3.63) is 89.0 Å². The van der Waals surface area contributed by atoms with Crippen LogP contribution in [-0.4, -0.2) is 23.4 Å². The highest BCUT2D eigenvalue weighted by atomic mass is 35.5. The summed E-state index contributed by atoms with van der Waals surface area (Å²) in [5.41, 5.74) is 7.11. The highest BCUT2D eigenvalue weighted by Gasteiger charge is 2.34. The molecule has 35 heavy (non-hydrogen) atoms. The summed E-state index contributed by atoms with van der Waals surface area (Å²) in [7, 11) is 0. The van der Waals surface area contributed by atoms with Crippen LogP contribution in [0.4, 0.5) is 19.3 Å². The van der Waals surface area contributed by atoms with Crippen molar-refractivity contribution in [3.63, 3.8) is 0 Å². The highest BCUT2D eigenvalue weighted by Crippen LogP contribution is 2.44. The number of hydrogen-bond donors (Lipinski definition) is 2. The number of fused-ring (bicyclic) bond motifs is 1. The van der Waals surface area contributed by atoms with Crippen LogP contribution in [0.25, 0.3) is 11.3 Å². The number of hydrogen-bond acceptors (Lipinski definition) is 4. The number of hydrazine groups is 1. The maximum absolute atomic E-state index is 13.5. The van der Waals surface area contributed by atoms with Crippen LogP contribution in [0.15, 0.2) is 60.7 Å². The molecule has 0 bridgehead atoms. The standard InChI is InChI=1S/C26H22ClF2N3O3/c1-26(2)34-22-12-20(11-17(13-27)24(22)35-26)30-25(33)32-14-21(15-3-7-18(28)8-4-15)23(31-32)16-5-9-19(29)10-6-16/h3-12,31H,13-14H2,1-2H3,(H,30,33). The van der Waals surface area contributed by atoms with Crippen molar-refractivity contribution in [3.8, 4) is 11.5 Å². The number of halogens is 3. The van der Waals surface area contributed by atoms with Crippen molar-refractivity contribution in [1.82, 2.24) is 10.4 Å². The van der Waals surface area contributed by atoms with Crippen molar-refractivity contribution < 1.29 is 23.0 Å². The third-order valence-corrected chi connectivity index (χ3v) is 5.95. The molecular weight excluding hydrogens is 476 g/mol. The Morgan fingerprint density at radius 1 is 1.03 bits per heavy atom. The van der Waals surface area contributed by atoms with Crippen molar-refractivity contribution >= 4 is 34.6 Å². The summed E-state index contributed by atoms with van der Waals surface area (Å²) < 4.78 is 38.7. The summed E-state index contributed by atoms with van der Waals surface area (Å²) in [6.45, 7) is 3.78. The van der Waals surface area contributed by atoms with Crippen molar-refractivity contribution in [2.24, 2.45) is 0 Å². The van der Waals surface area contributed by atoms with E-state index in [9.17, 15) is 13.6 Å². The van der Waals surface area contributed by atoms with Gasteiger partial charge in [-0.05, 0) is 53.6 Å². The molecule has 3 aromatic carbocycles. The molecule has 0 aromatic heterocycles. The number of urea groups is 1. The smallest absolute Gasteiger partial charge is 0.340 e. The number of benzene rings is 3. The van der Waals surface area contributed by atoms with Gasteiger partial charge in [-0.2, -0.15) is 0 Å². The fourth-order valence-corrected chi connectivity index (χ4v) is 4.29. The number of ether oxygens (including phenoxy) is 2. The van der Waals surface area contributed by atoms with Crippen LogP contribution < -0.4 is 20.2 Å². The zero-order valence-electron chi connectivity index (χ0n) is 19.0. The first-order valence-corrected chi connectivity index (χ1v) is 11.5. The molecule has 2 heterocycles. The van der Waals surface area contributed by atoms with Crippen molar-refractivity contribution in [2.45, 2.75) is 25.5 Å². The molecule has 0 fully saturated rings. The van der Waals surface area contributed by atoms with Crippen molar-refractivity contribution in [1.29, 1.82) is 0 Å². The fraction of sp³-hybridized carbons (Fsp3) is 0.192. The van der Waals surface area contributed by atoms with E-state index in [1.807, 2.05) is 0 Å². The zero-order valence-corrected chi connectivity index (χ0v) is 19.7. The van der Waals surface area contributed by atoms with E-state index in [4.69, 9.17) is 21.1 Å². The van der Waals surface area contributed by atoms with Gasteiger partial charge in [-0.15, -0.1) is 11.6 Å². The number of amides is 2. The molecular formula is C26H22ClF2N3O3. The Morgan fingerprint density at radius 3 is 2.29 bits per heavy atom. The Morgan fingerprint density at radius 2 is 1.66 bits per heavy atom. The molecule has 2 aliphatic heterocycles. The zero-order chi connectivity index (χ0) is 24.7. The van der Waals surface area contributed by atoms with Gasteiger partial charge >= 0.3 is 6.03 Å². The van der Waals surface area contributed by atoms with Gasteiger partial charge in [-0.1, -0.05) is 12.1 Å². The lowest BCUT2D eigenvalue weighted by Gasteiger charge is -2.19. The number of carbonyl (C=O) groups excluding carboxylic acids is 1. The summed E-state index contributed by atoms with van der Waals surface area (Å²) in [5.74, 6) is -0.333. The van der Waals surface area contributed by atoms with Crippen LogP contribution in [0.3, 0.4) is 0 Å². The molecule has 0 saturated carbocycles. The van der Waals surface area contributed by atoms with Gasteiger partial charge in [0.05, 0.1) is 18.1 Å². The molecule has 0 aliphatic carbocycles. The number of nitrogens with zero attached hydrogens (tertiary/aromatic N) is 1. The van der Waals surface area contributed by atoms with Crippen LogP contribution in [-0.2, 0) is 5.88 Å². The predicted octanol–water partition coefficient (Wildman–Crippen LogP) is 6.13. The molecule has 3 aromatic rings. The number of rotatable bonds is 4. The number of alkyl halides is 1. The van der Waals surface area contributed by atoms with E-state index in [2.05, 4.69) is 10.7 Å². The van der Waals surface area contributed by atoms with Gasteiger partial charge in [-0.3, -0.25) is 5.43 Å². The monoisotopic (exact) mass is 497 g/mol. The van der Waals surface area contributed by atoms with Gasteiger partial charge in [0.1, 0.15) is 11.6 Å². The third kappa shape index (κ3) is 4.61. The molecule has 2 amide bonds. The van der Waals surface area contributed by atoms with Gasteiger partial charge in [0.25, 0.3) is 0 Å². The van der Waals surface area contributed by atoms with E-state index in [1.165, 1.54) is 29.3 Å². The third-order valence-electron chi connectivity index (χ3n) is 5.67. The van der Waals surface area contributed by atoms with Crippen LogP contribution in [0.1, 0.15) is 30.5 Å². The Balaban J connectivity index is 1.41. The normalized spacial score (nSPS) is 15.9. The minimum absolute atomic E-state index is 0.179. The quantitative estimate of drug-likeness (QED) is 0.425. The van der Waals surface area contributed by atoms with E-state index >= 15 is 0 Å². The first-order chi connectivity index (χ1) is 16.7. The number of nitrogens with one attached hydrogen (secondary N) is 2. The summed E-state index contributed by atoms with van der Waals surface area (Å²) >= 11 is 6.10. The first-order valence-electron chi connectivity index (χ1n) is 10.9. The van der Waals surface area contributed by atoms with Crippen LogP contribution >= 0.6 is 11.6 Å². The second-order valence-corrected chi connectivity index (χ2v) is 8.96. The molecule has 0 saturated heterocycles. The van der Waals surface area contributed by atoms with E-state index in [1.54, 1.807) is 50.2 Å². The lowest BCUT2D eigenvalue weighted by molar-refractivity contribution is -0.0434. The SMILES string of the molecule is CC1(C)Oc2cc(NC(=O)N3CC(c4ccc(F)cc4)=C(c4ccc(F)cc4)N3)cc(CCl)c2O1. The van der Waals surface area contributed by atoms with Gasteiger partial charge in [0.15, 0.2) is 11.5 Å². The maximum Gasteiger partial charge on any atom is 0.340 e. The maximum atomic E-state index is 13.5. The summed E-state index contributed by atoms with van der Waals surface area (Å²) in [6, 6.07) is 14.9. The molecule has 2 aliphatic rings. The summed E-state index contributed by atoms with van der Waals surface area (Å²) in [4.78, 5) is 13.2.